The van der Waals surface area contributed by atoms with Gasteiger partial charge in [0.05, 0.1) is 6.42 Å². The molecule has 0 saturated carbocycles. The van der Waals surface area contributed by atoms with Crippen LogP contribution in [0.2, 0.25) is 0 Å². The second-order valence-corrected chi connectivity index (χ2v) is 5.01. The predicted octanol–water partition coefficient (Wildman–Crippen LogP) is 2.07. The van der Waals surface area contributed by atoms with Crippen LogP contribution >= 0.6 is 0 Å². The fraction of sp³-hybridized carbons (Fsp3) is 0.867. The van der Waals surface area contributed by atoms with E-state index < -0.39 is 5.97 Å². The lowest BCUT2D eigenvalue weighted by Crippen LogP contribution is -2.42. The van der Waals surface area contributed by atoms with Gasteiger partial charge in [-0.15, -0.1) is 0 Å². The van der Waals surface area contributed by atoms with Crippen LogP contribution in [0.25, 0.3) is 0 Å². The zero-order valence-corrected chi connectivity index (χ0v) is 13.4. The molecule has 0 atom stereocenters. The third kappa shape index (κ3) is 6.89. The van der Waals surface area contributed by atoms with E-state index in [-0.39, 0.29) is 18.2 Å². The zero-order valence-electron chi connectivity index (χ0n) is 13.4. The Hall–Kier alpha value is -1.10. The van der Waals surface area contributed by atoms with E-state index in [0.717, 1.165) is 32.5 Å². The maximum absolute atomic E-state index is 12.4. The molecular formula is C15H30N2O3. The number of aliphatic carboxylic acids is 1. The standard InChI is InChI=1S/C15H30N2O3/c1-5-13(6-2)15(20)17(10-9-14(18)19)12-11-16(7-3)8-4/h13H,5-12H2,1-4H3,(H,18,19). The number of hydrogen-bond donors (Lipinski definition) is 1. The Kier molecular flexibility index (Phi) is 10.1. The highest BCUT2D eigenvalue weighted by Gasteiger charge is 2.22. The monoisotopic (exact) mass is 286 g/mol. The van der Waals surface area contributed by atoms with Crippen LogP contribution in [0.15, 0.2) is 0 Å². The summed E-state index contributed by atoms with van der Waals surface area (Å²) in [5.41, 5.74) is 0. The fourth-order valence-electron chi connectivity index (χ4n) is 2.26. The first-order chi connectivity index (χ1) is 9.49. The van der Waals surface area contributed by atoms with E-state index in [1.54, 1.807) is 4.90 Å². The number of carbonyl (C=O) groups excluding carboxylic acids is 1. The van der Waals surface area contributed by atoms with Gasteiger partial charge in [-0.2, -0.15) is 0 Å². The average Bonchev–Trinajstić information content (AvgIpc) is 2.43. The summed E-state index contributed by atoms with van der Waals surface area (Å²) in [6, 6.07) is 0. The molecule has 0 radical (unpaired) electrons. The van der Waals surface area contributed by atoms with Gasteiger partial charge in [0.1, 0.15) is 0 Å². The lowest BCUT2D eigenvalue weighted by molar-refractivity contribution is -0.140. The number of amides is 1. The summed E-state index contributed by atoms with van der Waals surface area (Å²) in [5.74, 6) is -0.737. The van der Waals surface area contributed by atoms with Crippen molar-refractivity contribution in [3.63, 3.8) is 0 Å². The van der Waals surface area contributed by atoms with Gasteiger partial charge in [0.2, 0.25) is 5.91 Å². The highest BCUT2D eigenvalue weighted by molar-refractivity contribution is 5.79. The number of likely N-dealkylation sites (N-methyl/N-ethyl adjacent to an activating group) is 1. The lowest BCUT2D eigenvalue weighted by atomic mass is 10.0. The SMILES string of the molecule is CCC(CC)C(=O)N(CCC(=O)O)CCN(CC)CC. The molecule has 0 fully saturated rings. The summed E-state index contributed by atoms with van der Waals surface area (Å²) >= 11 is 0. The van der Waals surface area contributed by atoms with Crippen molar-refractivity contribution in [3.05, 3.63) is 0 Å². The Labute approximate surface area is 122 Å². The summed E-state index contributed by atoms with van der Waals surface area (Å²) in [6.45, 7) is 11.8. The molecule has 0 saturated heterocycles. The Morgan fingerprint density at radius 3 is 1.90 bits per heavy atom. The molecule has 0 aromatic heterocycles. The molecule has 1 amide bonds. The molecule has 0 unspecified atom stereocenters. The van der Waals surface area contributed by atoms with Gasteiger partial charge in [-0.25, -0.2) is 0 Å². The quantitative estimate of drug-likeness (QED) is 0.631. The van der Waals surface area contributed by atoms with Crippen LogP contribution in [-0.4, -0.2) is 59.5 Å². The number of carbonyl (C=O) groups is 2. The fourth-order valence-corrected chi connectivity index (χ4v) is 2.26. The molecule has 118 valence electrons. The minimum absolute atomic E-state index is 0.0143. The van der Waals surface area contributed by atoms with Crippen molar-refractivity contribution in [2.75, 3.05) is 32.7 Å². The van der Waals surface area contributed by atoms with Gasteiger partial charge in [-0.1, -0.05) is 27.7 Å². The molecule has 0 aliphatic carbocycles. The van der Waals surface area contributed by atoms with E-state index in [2.05, 4.69) is 18.7 Å². The molecule has 0 spiro atoms. The Morgan fingerprint density at radius 2 is 1.50 bits per heavy atom. The topological polar surface area (TPSA) is 60.9 Å². The van der Waals surface area contributed by atoms with Gasteiger partial charge in [0.25, 0.3) is 0 Å². The smallest absolute Gasteiger partial charge is 0.305 e. The molecule has 0 heterocycles. The molecule has 0 rings (SSSR count). The van der Waals surface area contributed by atoms with Crippen molar-refractivity contribution in [2.45, 2.75) is 47.0 Å². The van der Waals surface area contributed by atoms with Crippen LogP contribution in [0, 0.1) is 5.92 Å². The number of nitrogens with zero attached hydrogens (tertiary/aromatic N) is 2. The Bertz CT molecular complexity index is 287. The third-order valence-corrected chi connectivity index (χ3v) is 3.82. The maximum Gasteiger partial charge on any atom is 0.305 e. The second-order valence-electron chi connectivity index (χ2n) is 5.01. The first-order valence-electron chi connectivity index (χ1n) is 7.72. The van der Waals surface area contributed by atoms with E-state index in [4.69, 9.17) is 5.11 Å². The van der Waals surface area contributed by atoms with Crippen molar-refractivity contribution < 1.29 is 14.7 Å². The minimum Gasteiger partial charge on any atom is -0.481 e. The van der Waals surface area contributed by atoms with Gasteiger partial charge in [0, 0.05) is 25.6 Å². The van der Waals surface area contributed by atoms with Crippen molar-refractivity contribution in [1.82, 2.24) is 9.80 Å². The summed E-state index contributed by atoms with van der Waals surface area (Å²) in [7, 11) is 0. The molecule has 5 nitrogen and oxygen atoms in total. The second kappa shape index (κ2) is 10.7. The van der Waals surface area contributed by atoms with E-state index in [1.807, 2.05) is 13.8 Å². The molecule has 0 aromatic rings. The number of carboxylic acid groups (broad SMARTS) is 1. The van der Waals surface area contributed by atoms with Crippen LogP contribution in [0.1, 0.15) is 47.0 Å². The van der Waals surface area contributed by atoms with E-state index in [9.17, 15) is 9.59 Å². The first kappa shape index (κ1) is 18.9. The Morgan fingerprint density at radius 1 is 0.950 bits per heavy atom. The highest BCUT2D eigenvalue weighted by Crippen LogP contribution is 2.12. The number of rotatable bonds is 11. The average molecular weight is 286 g/mol. The summed E-state index contributed by atoms with van der Waals surface area (Å²) in [6.07, 6.45) is 1.64. The molecule has 0 aromatic carbocycles. The van der Waals surface area contributed by atoms with Crippen LogP contribution in [0.3, 0.4) is 0 Å². The largest absolute Gasteiger partial charge is 0.481 e. The third-order valence-electron chi connectivity index (χ3n) is 3.82. The minimum atomic E-state index is -0.852. The first-order valence-corrected chi connectivity index (χ1v) is 7.72. The van der Waals surface area contributed by atoms with Crippen LogP contribution < -0.4 is 0 Å². The van der Waals surface area contributed by atoms with Crippen LogP contribution in [0.4, 0.5) is 0 Å². The van der Waals surface area contributed by atoms with Crippen molar-refractivity contribution in [1.29, 1.82) is 0 Å². The highest BCUT2D eigenvalue weighted by atomic mass is 16.4. The lowest BCUT2D eigenvalue weighted by Gasteiger charge is -2.28. The van der Waals surface area contributed by atoms with Gasteiger partial charge in [-0.3, -0.25) is 9.59 Å². The molecule has 1 N–H and O–H groups in total. The number of hydrogen-bond acceptors (Lipinski definition) is 3. The van der Waals surface area contributed by atoms with Crippen molar-refractivity contribution >= 4 is 11.9 Å². The van der Waals surface area contributed by atoms with E-state index in [1.165, 1.54) is 0 Å². The summed E-state index contributed by atoms with van der Waals surface area (Å²) in [5, 5.41) is 8.82. The predicted molar refractivity (Wildman–Crippen MR) is 80.7 cm³/mol. The van der Waals surface area contributed by atoms with Crippen molar-refractivity contribution in [2.24, 2.45) is 5.92 Å². The van der Waals surface area contributed by atoms with Gasteiger partial charge >= 0.3 is 5.97 Å². The molecule has 0 aliphatic rings. The molecule has 0 bridgehead atoms. The van der Waals surface area contributed by atoms with Crippen molar-refractivity contribution in [3.8, 4) is 0 Å². The van der Waals surface area contributed by atoms with E-state index >= 15 is 0 Å². The van der Waals surface area contributed by atoms with Gasteiger partial charge < -0.3 is 14.9 Å². The van der Waals surface area contributed by atoms with E-state index in [0.29, 0.717) is 13.1 Å². The van der Waals surface area contributed by atoms with Crippen LogP contribution in [-0.2, 0) is 9.59 Å². The van der Waals surface area contributed by atoms with Gasteiger partial charge in [0.15, 0.2) is 0 Å². The van der Waals surface area contributed by atoms with Gasteiger partial charge in [-0.05, 0) is 25.9 Å². The molecule has 5 heteroatoms. The maximum atomic E-state index is 12.4. The zero-order chi connectivity index (χ0) is 15.5. The molecular weight excluding hydrogens is 256 g/mol. The van der Waals surface area contributed by atoms with Crippen LogP contribution in [0.5, 0.6) is 0 Å². The summed E-state index contributed by atoms with van der Waals surface area (Å²) in [4.78, 5) is 27.1. The summed E-state index contributed by atoms with van der Waals surface area (Å²) < 4.78 is 0. The molecule has 20 heavy (non-hydrogen) atoms. The Balaban J connectivity index is 4.61. The number of carboxylic acids is 1. The normalized spacial score (nSPS) is 11.1. The molecule has 0 aliphatic heterocycles.